The Bertz CT molecular complexity index is 505. The molecule has 1 rings (SSSR count). The number of carboxylic acid groups (broad SMARTS) is 1. The van der Waals surface area contributed by atoms with Gasteiger partial charge in [-0.15, -0.1) is 13.2 Å². The molecule has 0 saturated heterocycles. The summed E-state index contributed by atoms with van der Waals surface area (Å²) in [4.78, 5) is 21.9. The van der Waals surface area contributed by atoms with Gasteiger partial charge in [0, 0.05) is 11.8 Å². The Morgan fingerprint density at radius 1 is 1.40 bits per heavy atom. The van der Waals surface area contributed by atoms with E-state index in [-0.39, 0.29) is 5.69 Å². The van der Waals surface area contributed by atoms with Gasteiger partial charge in [-0.3, -0.25) is 9.59 Å². The number of carboxylic acids is 1. The van der Waals surface area contributed by atoms with Crippen LogP contribution in [0.15, 0.2) is 24.3 Å². The van der Waals surface area contributed by atoms with E-state index in [1.54, 1.807) is 0 Å². The van der Waals surface area contributed by atoms with E-state index in [9.17, 15) is 22.8 Å². The van der Waals surface area contributed by atoms with Gasteiger partial charge in [-0.05, 0) is 12.1 Å². The molecule has 0 saturated carbocycles. The molecule has 1 aromatic rings. The number of ether oxygens (including phenoxy) is 1. The molecule has 0 aliphatic rings. The lowest BCUT2D eigenvalue weighted by atomic mass is 10.2. The molecule has 1 aromatic carbocycles. The zero-order valence-electron chi connectivity index (χ0n) is 9.98. The predicted molar refractivity (Wildman–Crippen MR) is 62.0 cm³/mol. The quantitative estimate of drug-likeness (QED) is 0.759. The molecular weight excluding hydrogens is 281 g/mol. The predicted octanol–water partition coefficient (Wildman–Crippen LogP) is 1.33. The van der Waals surface area contributed by atoms with Crippen LogP contribution < -0.4 is 15.8 Å². The Balaban J connectivity index is 2.71. The Morgan fingerprint density at radius 3 is 2.60 bits per heavy atom. The fourth-order valence-electron chi connectivity index (χ4n) is 1.29. The summed E-state index contributed by atoms with van der Waals surface area (Å²) in [5.74, 6) is -2.60. The normalized spacial score (nSPS) is 12.6. The molecule has 0 spiro atoms. The SMILES string of the molecule is N[C@H](CC(=O)O)C(=O)Nc1cccc(OC(F)(F)F)c1. The van der Waals surface area contributed by atoms with Gasteiger partial charge in [0.25, 0.3) is 0 Å². The van der Waals surface area contributed by atoms with Crippen molar-refractivity contribution >= 4 is 17.6 Å². The first kappa shape index (κ1) is 15.8. The summed E-state index contributed by atoms with van der Waals surface area (Å²) in [6.45, 7) is 0. The number of aliphatic carboxylic acids is 1. The van der Waals surface area contributed by atoms with Crippen molar-refractivity contribution in [2.45, 2.75) is 18.8 Å². The molecule has 0 aliphatic carbocycles. The number of hydrogen-bond acceptors (Lipinski definition) is 4. The molecule has 20 heavy (non-hydrogen) atoms. The number of hydrogen-bond donors (Lipinski definition) is 3. The fourth-order valence-corrected chi connectivity index (χ4v) is 1.29. The van der Waals surface area contributed by atoms with Crippen molar-refractivity contribution in [3.8, 4) is 5.75 Å². The third-order valence-corrected chi connectivity index (χ3v) is 2.07. The average molecular weight is 292 g/mol. The molecule has 0 aromatic heterocycles. The minimum absolute atomic E-state index is 0.0117. The summed E-state index contributed by atoms with van der Waals surface area (Å²) < 4.78 is 39.7. The number of benzene rings is 1. The smallest absolute Gasteiger partial charge is 0.481 e. The van der Waals surface area contributed by atoms with Crippen molar-refractivity contribution in [1.29, 1.82) is 0 Å². The van der Waals surface area contributed by atoms with Gasteiger partial charge in [0.1, 0.15) is 5.75 Å². The van der Waals surface area contributed by atoms with Crippen LogP contribution in [-0.2, 0) is 9.59 Å². The first-order valence-corrected chi connectivity index (χ1v) is 5.31. The van der Waals surface area contributed by atoms with E-state index in [0.29, 0.717) is 0 Å². The van der Waals surface area contributed by atoms with Gasteiger partial charge in [0.15, 0.2) is 0 Å². The standard InChI is InChI=1S/C11H11F3N2O4/c12-11(13,14)20-7-3-1-2-6(4-7)16-10(19)8(15)5-9(17)18/h1-4,8H,5,15H2,(H,16,19)(H,17,18)/t8-/m1/s1. The van der Waals surface area contributed by atoms with E-state index in [0.717, 1.165) is 12.1 Å². The molecule has 0 aliphatic heterocycles. The van der Waals surface area contributed by atoms with Crippen molar-refractivity contribution in [1.82, 2.24) is 0 Å². The van der Waals surface area contributed by atoms with Crippen LogP contribution in [0.5, 0.6) is 5.75 Å². The van der Waals surface area contributed by atoms with Gasteiger partial charge in [-0.1, -0.05) is 6.07 Å². The Morgan fingerprint density at radius 2 is 2.05 bits per heavy atom. The lowest BCUT2D eigenvalue weighted by Crippen LogP contribution is -2.37. The summed E-state index contributed by atoms with van der Waals surface area (Å²) in [7, 11) is 0. The molecular formula is C11H11F3N2O4. The van der Waals surface area contributed by atoms with Crippen LogP contribution in [0.4, 0.5) is 18.9 Å². The number of amides is 1. The van der Waals surface area contributed by atoms with E-state index in [2.05, 4.69) is 10.1 Å². The maximum Gasteiger partial charge on any atom is 0.573 e. The topological polar surface area (TPSA) is 102 Å². The van der Waals surface area contributed by atoms with Crippen LogP contribution in [0.25, 0.3) is 0 Å². The first-order chi connectivity index (χ1) is 9.17. The molecule has 0 fully saturated rings. The van der Waals surface area contributed by atoms with Crippen molar-refractivity contribution in [2.75, 3.05) is 5.32 Å². The lowest BCUT2D eigenvalue weighted by Gasteiger charge is -2.12. The minimum Gasteiger partial charge on any atom is -0.481 e. The maximum atomic E-state index is 12.0. The zero-order valence-corrected chi connectivity index (χ0v) is 9.98. The first-order valence-electron chi connectivity index (χ1n) is 5.31. The van der Waals surface area contributed by atoms with Crippen LogP contribution in [-0.4, -0.2) is 29.4 Å². The number of anilines is 1. The largest absolute Gasteiger partial charge is 0.573 e. The van der Waals surface area contributed by atoms with Crippen LogP contribution in [0.1, 0.15) is 6.42 Å². The van der Waals surface area contributed by atoms with Gasteiger partial charge >= 0.3 is 12.3 Å². The zero-order chi connectivity index (χ0) is 15.3. The van der Waals surface area contributed by atoms with E-state index >= 15 is 0 Å². The Labute approximate surface area is 111 Å². The summed E-state index contributed by atoms with van der Waals surface area (Å²) in [6.07, 6.45) is -5.44. The highest BCUT2D eigenvalue weighted by Crippen LogP contribution is 2.25. The van der Waals surface area contributed by atoms with Crippen molar-refractivity contribution in [3.05, 3.63) is 24.3 Å². The molecule has 110 valence electrons. The van der Waals surface area contributed by atoms with E-state index in [1.165, 1.54) is 12.1 Å². The van der Waals surface area contributed by atoms with Crippen molar-refractivity contribution in [3.63, 3.8) is 0 Å². The number of carbonyl (C=O) groups is 2. The molecule has 1 amide bonds. The summed E-state index contributed by atoms with van der Waals surface area (Å²) >= 11 is 0. The number of alkyl halides is 3. The highest BCUT2D eigenvalue weighted by atomic mass is 19.4. The Hall–Kier alpha value is -2.29. The molecule has 0 radical (unpaired) electrons. The van der Waals surface area contributed by atoms with Gasteiger partial charge in [0.2, 0.25) is 5.91 Å². The number of carbonyl (C=O) groups excluding carboxylic acids is 1. The highest BCUT2D eigenvalue weighted by Gasteiger charge is 2.31. The molecule has 0 heterocycles. The van der Waals surface area contributed by atoms with Gasteiger partial charge < -0.3 is 20.9 Å². The minimum atomic E-state index is -4.84. The van der Waals surface area contributed by atoms with E-state index in [4.69, 9.17) is 10.8 Å². The molecule has 6 nitrogen and oxygen atoms in total. The molecule has 1 atom stereocenters. The summed E-state index contributed by atoms with van der Waals surface area (Å²) in [5.41, 5.74) is 5.31. The number of halogens is 3. The van der Waals surface area contributed by atoms with Crippen LogP contribution in [0.3, 0.4) is 0 Å². The highest BCUT2D eigenvalue weighted by molar-refractivity contribution is 5.96. The van der Waals surface area contributed by atoms with E-state index < -0.39 is 36.5 Å². The summed E-state index contributed by atoms with van der Waals surface area (Å²) in [6, 6.07) is 3.24. The van der Waals surface area contributed by atoms with Gasteiger partial charge in [-0.2, -0.15) is 0 Å². The lowest BCUT2D eigenvalue weighted by molar-refractivity contribution is -0.274. The number of nitrogens with two attached hydrogens (primary N) is 1. The van der Waals surface area contributed by atoms with Gasteiger partial charge in [0.05, 0.1) is 12.5 Å². The molecule has 9 heteroatoms. The fraction of sp³-hybridized carbons (Fsp3) is 0.273. The van der Waals surface area contributed by atoms with Crippen LogP contribution in [0, 0.1) is 0 Å². The molecule has 0 unspecified atom stereocenters. The van der Waals surface area contributed by atoms with Crippen LogP contribution >= 0.6 is 0 Å². The number of rotatable bonds is 5. The van der Waals surface area contributed by atoms with Crippen molar-refractivity contribution in [2.24, 2.45) is 5.73 Å². The third kappa shape index (κ3) is 5.57. The second kappa shape index (κ2) is 6.24. The monoisotopic (exact) mass is 292 g/mol. The molecule has 4 N–H and O–H groups in total. The van der Waals surface area contributed by atoms with Gasteiger partial charge in [-0.25, -0.2) is 0 Å². The second-order valence-corrected chi connectivity index (χ2v) is 3.77. The Kier molecular flexibility index (Phi) is 4.92. The van der Waals surface area contributed by atoms with Crippen molar-refractivity contribution < 1.29 is 32.6 Å². The third-order valence-electron chi connectivity index (χ3n) is 2.07. The maximum absolute atomic E-state index is 12.0. The van der Waals surface area contributed by atoms with Crippen LogP contribution in [0.2, 0.25) is 0 Å². The molecule has 0 bridgehead atoms. The second-order valence-electron chi connectivity index (χ2n) is 3.77. The number of nitrogens with one attached hydrogen (secondary N) is 1. The van der Waals surface area contributed by atoms with E-state index in [1.807, 2.05) is 0 Å². The summed E-state index contributed by atoms with van der Waals surface area (Å²) in [5, 5.41) is 10.7. The average Bonchev–Trinajstić information content (AvgIpc) is 2.25.